The maximum absolute atomic E-state index is 12.8. The molecule has 0 unspecified atom stereocenters. The lowest BCUT2D eigenvalue weighted by Crippen LogP contribution is -2.21. The summed E-state index contributed by atoms with van der Waals surface area (Å²) in [6.45, 7) is -0.0234. The number of nitrogens with one attached hydrogen (secondary N) is 1. The third-order valence-corrected chi connectivity index (χ3v) is 5.84. The van der Waals surface area contributed by atoms with Crippen LogP contribution in [0.15, 0.2) is 82.5 Å². The van der Waals surface area contributed by atoms with Crippen LogP contribution in [0, 0.1) is 0 Å². The van der Waals surface area contributed by atoms with Crippen molar-refractivity contribution in [2.75, 3.05) is 11.6 Å². The SMILES string of the molecule is CS(=O)(=O)c1cccc(NC(=O)Cn2c3ccccc3c(=O)c3ccccc32)c1. The predicted octanol–water partition coefficient (Wildman–Crippen LogP) is 3.20. The minimum Gasteiger partial charge on any atom is -0.331 e. The number of pyridine rings is 1. The van der Waals surface area contributed by atoms with E-state index in [1.807, 2.05) is 12.1 Å². The van der Waals surface area contributed by atoms with Gasteiger partial charge in [-0.25, -0.2) is 8.42 Å². The van der Waals surface area contributed by atoms with E-state index in [2.05, 4.69) is 5.32 Å². The van der Waals surface area contributed by atoms with E-state index < -0.39 is 9.84 Å². The Balaban J connectivity index is 1.75. The van der Waals surface area contributed by atoms with Gasteiger partial charge in [-0.1, -0.05) is 30.3 Å². The Kier molecular flexibility index (Phi) is 4.68. The molecule has 1 heterocycles. The number of para-hydroxylation sites is 2. The smallest absolute Gasteiger partial charge is 0.244 e. The van der Waals surface area contributed by atoms with Gasteiger partial charge in [0.05, 0.1) is 15.9 Å². The number of carbonyl (C=O) groups is 1. The molecule has 0 aliphatic carbocycles. The average molecular weight is 406 g/mol. The van der Waals surface area contributed by atoms with Crippen molar-refractivity contribution in [1.82, 2.24) is 4.57 Å². The molecule has 0 fully saturated rings. The second-order valence-corrected chi connectivity index (χ2v) is 8.81. The van der Waals surface area contributed by atoms with Crippen LogP contribution in [0.1, 0.15) is 0 Å². The lowest BCUT2D eigenvalue weighted by molar-refractivity contribution is -0.116. The Morgan fingerprint density at radius 2 is 1.48 bits per heavy atom. The van der Waals surface area contributed by atoms with Crippen LogP contribution in [0.5, 0.6) is 0 Å². The molecule has 0 saturated heterocycles. The van der Waals surface area contributed by atoms with Gasteiger partial charge in [-0.2, -0.15) is 0 Å². The first kappa shape index (κ1) is 18.9. The molecule has 3 aromatic carbocycles. The van der Waals surface area contributed by atoms with Crippen LogP contribution in [0.3, 0.4) is 0 Å². The minimum absolute atomic E-state index is 0.0234. The molecule has 1 amide bonds. The Hall–Kier alpha value is -3.45. The van der Waals surface area contributed by atoms with Crippen molar-refractivity contribution in [2.24, 2.45) is 0 Å². The standard InChI is InChI=1S/C22H18N2O4S/c1-29(27,28)16-8-6-7-15(13-16)23-21(25)14-24-19-11-4-2-9-17(19)22(26)18-10-3-5-12-20(18)24/h2-13H,14H2,1H3,(H,23,25). The van der Waals surface area contributed by atoms with Gasteiger partial charge in [0.2, 0.25) is 5.91 Å². The summed E-state index contributed by atoms with van der Waals surface area (Å²) >= 11 is 0. The number of fused-ring (bicyclic) bond motifs is 2. The van der Waals surface area contributed by atoms with Gasteiger partial charge in [-0.3, -0.25) is 9.59 Å². The van der Waals surface area contributed by atoms with E-state index in [9.17, 15) is 18.0 Å². The second-order valence-electron chi connectivity index (χ2n) is 6.80. The van der Waals surface area contributed by atoms with E-state index in [-0.39, 0.29) is 22.8 Å². The summed E-state index contributed by atoms with van der Waals surface area (Å²) < 4.78 is 25.3. The van der Waals surface area contributed by atoms with Gasteiger partial charge in [0, 0.05) is 22.7 Å². The van der Waals surface area contributed by atoms with Crippen LogP contribution in [-0.2, 0) is 21.2 Å². The molecule has 146 valence electrons. The van der Waals surface area contributed by atoms with Crippen molar-refractivity contribution in [3.05, 3.63) is 83.0 Å². The zero-order valence-corrected chi connectivity index (χ0v) is 16.4. The van der Waals surface area contributed by atoms with Crippen molar-refractivity contribution in [3.8, 4) is 0 Å². The summed E-state index contributed by atoms with van der Waals surface area (Å²) in [5.41, 5.74) is 1.65. The molecule has 4 rings (SSSR count). The summed E-state index contributed by atoms with van der Waals surface area (Å²) in [4.78, 5) is 25.7. The number of amides is 1. The van der Waals surface area contributed by atoms with Gasteiger partial charge < -0.3 is 9.88 Å². The fourth-order valence-electron chi connectivity index (χ4n) is 3.40. The van der Waals surface area contributed by atoms with Crippen LogP contribution in [0.4, 0.5) is 5.69 Å². The summed E-state index contributed by atoms with van der Waals surface area (Å²) in [7, 11) is -3.37. The Bertz CT molecular complexity index is 1360. The molecule has 0 atom stereocenters. The van der Waals surface area contributed by atoms with Crippen LogP contribution in [-0.4, -0.2) is 25.1 Å². The summed E-state index contributed by atoms with van der Waals surface area (Å²) in [5.74, 6) is -0.324. The van der Waals surface area contributed by atoms with E-state index in [0.29, 0.717) is 27.5 Å². The molecule has 4 aromatic rings. The number of aromatic nitrogens is 1. The van der Waals surface area contributed by atoms with Crippen LogP contribution < -0.4 is 10.7 Å². The Morgan fingerprint density at radius 3 is 2.07 bits per heavy atom. The van der Waals surface area contributed by atoms with E-state index in [1.165, 1.54) is 12.1 Å². The number of nitrogens with zero attached hydrogens (tertiary/aromatic N) is 1. The highest BCUT2D eigenvalue weighted by molar-refractivity contribution is 7.90. The van der Waals surface area contributed by atoms with Gasteiger partial charge in [-0.15, -0.1) is 0 Å². The number of hydrogen-bond acceptors (Lipinski definition) is 4. The zero-order chi connectivity index (χ0) is 20.6. The molecule has 1 aromatic heterocycles. The monoisotopic (exact) mass is 406 g/mol. The molecule has 1 N–H and O–H groups in total. The fraction of sp³-hybridized carbons (Fsp3) is 0.0909. The maximum atomic E-state index is 12.8. The molecule has 0 spiro atoms. The molecule has 6 nitrogen and oxygen atoms in total. The first-order valence-electron chi connectivity index (χ1n) is 8.95. The van der Waals surface area contributed by atoms with Crippen molar-refractivity contribution >= 4 is 43.2 Å². The number of sulfone groups is 1. The summed E-state index contributed by atoms with van der Waals surface area (Å²) in [6.07, 6.45) is 1.12. The van der Waals surface area contributed by atoms with Gasteiger partial charge >= 0.3 is 0 Å². The molecule has 0 saturated carbocycles. The molecular formula is C22H18N2O4S. The largest absolute Gasteiger partial charge is 0.331 e. The van der Waals surface area contributed by atoms with Crippen molar-refractivity contribution in [1.29, 1.82) is 0 Å². The van der Waals surface area contributed by atoms with Crippen LogP contribution >= 0.6 is 0 Å². The number of benzene rings is 3. The topological polar surface area (TPSA) is 85.2 Å². The van der Waals surface area contributed by atoms with Gasteiger partial charge in [-0.05, 0) is 42.5 Å². The van der Waals surface area contributed by atoms with E-state index >= 15 is 0 Å². The summed E-state index contributed by atoms with van der Waals surface area (Å²) in [6, 6.07) is 20.4. The number of hydrogen-bond donors (Lipinski definition) is 1. The number of anilines is 1. The van der Waals surface area contributed by atoms with Crippen LogP contribution in [0.2, 0.25) is 0 Å². The normalized spacial score (nSPS) is 11.6. The zero-order valence-electron chi connectivity index (χ0n) is 15.6. The second kappa shape index (κ2) is 7.18. The molecule has 0 aliphatic heterocycles. The Morgan fingerprint density at radius 1 is 0.897 bits per heavy atom. The van der Waals surface area contributed by atoms with E-state index in [0.717, 1.165) is 6.26 Å². The van der Waals surface area contributed by atoms with Crippen molar-refractivity contribution in [2.45, 2.75) is 11.4 Å². The summed E-state index contributed by atoms with van der Waals surface area (Å²) in [5, 5.41) is 3.82. The fourth-order valence-corrected chi connectivity index (χ4v) is 4.06. The van der Waals surface area contributed by atoms with Gasteiger partial charge in [0.1, 0.15) is 6.54 Å². The first-order chi connectivity index (χ1) is 13.8. The van der Waals surface area contributed by atoms with E-state index in [1.54, 1.807) is 53.1 Å². The maximum Gasteiger partial charge on any atom is 0.244 e. The molecular weight excluding hydrogens is 388 g/mol. The third kappa shape index (κ3) is 3.64. The van der Waals surface area contributed by atoms with Gasteiger partial charge in [0.25, 0.3) is 0 Å². The molecule has 0 aliphatic rings. The predicted molar refractivity (Wildman–Crippen MR) is 114 cm³/mol. The quantitative estimate of drug-likeness (QED) is 0.528. The average Bonchev–Trinajstić information content (AvgIpc) is 2.71. The van der Waals surface area contributed by atoms with Crippen molar-refractivity contribution in [3.63, 3.8) is 0 Å². The number of rotatable bonds is 4. The highest BCUT2D eigenvalue weighted by Gasteiger charge is 2.14. The van der Waals surface area contributed by atoms with Crippen LogP contribution in [0.25, 0.3) is 21.8 Å². The number of carbonyl (C=O) groups excluding carboxylic acids is 1. The van der Waals surface area contributed by atoms with Gasteiger partial charge in [0.15, 0.2) is 15.3 Å². The molecule has 0 radical (unpaired) electrons. The molecule has 29 heavy (non-hydrogen) atoms. The highest BCUT2D eigenvalue weighted by Crippen LogP contribution is 2.20. The Labute approximate surface area is 167 Å². The highest BCUT2D eigenvalue weighted by atomic mass is 32.2. The minimum atomic E-state index is -3.37. The lowest BCUT2D eigenvalue weighted by Gasteiger charge is -2.15. The van der Waals surface area contributed by atoms with Crippen molar-refractivity contribution < 1.29 is 13.2 Å². The lowest BCUT2D eigenvalue weighted by atomic mass is 10.1. The van der Waals surface area contributed by atoms with E-state index in [4.69, 9.17) is 0 Å². The first-order valence-corrected chi connectivity index (χ1v) is 10.8. The molecule has 0 bridgehead atoms. The molecule has 7 heteroatoms. The third-order valence-electron chi connectivity index (χ3n) is 4.73.